The quantitative estimate of drug-likeness (QED) is 0.452. The Bertz CT molecular complexity index is 323. The maximum absolute atomic E-state index is 5.51. The minimum absolute atomic E-state index is 0.141. The molecule has 1 aromatic rings. The van der Waals surface area contributed by atoms with Gasteiger partial charge >= 0.3 is 0 Å². The predicted molar refractivity (Wildman–Crippen MR) is 63.2 cm³/mol. The number of ether oxygens (including phenoxy) is 2. The van der Waals surface area contributed by atoms with E-state index < -0.39 is 0 Å². The van der Waals surface area contributed by atoms with E-state index in [1.807, 2.05) is 26.8 Å². The molecule has 0 aliphatic heterocycles. The van der Waals surface area contributed by atoms with Gasteiger partial charge in [0.1, 0.15) is 12.4 Å². The monoisotopic (exact) mass is 225 g/mol. The van der Waals surface area contributed by atoms with Crippen LogP contribution in [0.25, 0.3) is 0 Å². The van der Waals surface area contributed by atoms with Gasteiger partial charge in [-0.3, -0.25) is 0 Å². The zero-order valence-electron chi connectivity index (χ0n) is 9.99. The number of aromatic nitrogens is 1. The lowest BCUT2D eigenvalue weighted by Gasteiger charge is -2.19. The average molecular weight is 225 g/mol. The molecule has 0 radical (unpaired) electrons. The lowest BCUT2D eigenvalue weighted by atomic mass is 10.2. The lowest BCUT2D eigenvalue weighted by molar-refractivity contribution is -0.0167. The van der Waals surface area contributed by atoms with Crippen LogP contribution in [-0.2, 0) is 4.74 Å². The van der Waals surface area contributed by atoms with Crippen LogP contribution in [0.1, 0.15) is 20.8 Å². The summed E-state index contributed by atoms with van der Waals surface area (Å²) >= 11 is 0. The molecular weight excluding hydrogens is 206 g/mol. The summed E-state index contributed by atoms with van der Waals surface area (Å²) in [6.45, 7) is 7.02. The molecule has 1 aromatic heterocycles. The fourth-order valence-corrected chi connectivity index (χ4v) is 1.07. The van der Waals surface area contributed by atoms with Crippen molar-refractivity contribution in [3.05, 3.63) is 18.2 Å². The van der Waals surface area contributed by atoms with Crippen molar-refractivity contribution in [1.82, 2.24) is 4.98 Å². The second kappa shape index (κ2) is 5.67. The van der Waals surface area contributed by atoms with Gasteiger partial charge in [0.2, 0.25) is 5.88 Å². The molecule has 5 nitrogen and oxygen atoms in total. The maximum atomic E-state index is 5.51. The van der Waals surface area contributed by atoms with Gasteiger partial charge in [-0.2, -0.15) is 4.98 Å². The fraction of sp³-hybridized carbons (Fsp3) is 0.545. The summed E-state index contributed by atoms with van der Waals surface area (Å²) in [5.41, 5.74) is 2.32. The maximum Gasteiger partial charge on any atom is 0.215 e. The largest absolute Gasteiger partial charge is 0.475 e. The molecular formula is C11H19N3O2. The summed E-state index contributed by atoms with van der Waals surface area (Å²) in [5, 5.41) is 0. The molecule has 0 fully saturated rings. The first-order valence-corrected chi connectivity index (χ1v) is 5.22. The molecule has 0 saturated heterocycles. The van der Waals surface area contributed by atoms with E-state index in [0.29, 0.717) is 24.9 Å². The Kier molecular flexibility index (Phi) is 4.52. The highest BCUT2D eigenvalue weighted by molar-refractivity contribution is 5.35. The molecule has 0 saturated carbocycles. The van der Waals surface area contributed by atoms with Gasteiger partial charge in [-0.25, -0.2) is 5.84 Å². The van der Waals surface area contributed by atoms with E-state index in [1.54, 1.807) is 12.1 Å². The first kappa shape index (κ1) is 12.7. The van der Waals surface area contributed by atoms with Crippen LogP contribution in [0, 0.1) is 0 Å². The molecule has 0 bridgehead atoms. The molecule has 5 heteroatoms. The van der Waals surface area contributed by atoms with Crippen molar-refractivity contribution >= 4 is 5.82 Å². The van der Waals surface area contributed by atoms with Crippen LogP contribution < -0.4 is 16.0 Å². The van der Waals surface area contributed by atoms with Crippen molar-refractivity contribution in [3.63, 3.8) is 0 Å². The molecule has 90 valence electrons. The van der Waals surface area contributed by atoms with Crippen LogP contribution in [0.5, 0.6) is 5.88 Å². The van der Waals surface area contributed by atoms with E-state index in [-0.39, 0.29) is 5.60 Å². The number of nitrogens with one attached hydrogen (secondary N) is 1. The average Bonchev–Trinajstić information content (AvgIpc) is 2.23. The highest BCUT2D eigenvalue weighted by atomic mass is 16.5. The summed E-state index contributed by atoms with van der Waals surface area (Å²) in [7, 11) is 0. The summed E-state index contributed by atoms with van der Waals surface area (Å²) < 4.78 is 10.9. The Morgan fingerprint density at radius 1 is 1.31 bits per heavy atom. The predicted octanol–water partition coefficient (Wildman–Crippen LogP) is 1.56. The number of rotatable bonds is 5. The molecule has 1 heterocycles. The molecule has 0 aliphatic rings. The number of nitrogen functional groups attached to an aromatic ring is 1. The first-order chi connectivity index (χ1) is 7.51. The van der Waals surface area contributed by atoms with Crippen molar-refractivity contribution in [2.45, 2.75) is 26.4 Å². The number of nitrogens with zero attached hydrogens (tertiary/aromatic N) is 1. The fourth-order valence-electron chi connectivity index (χ4n) is 1.07. The molecule has 0 aromatic carbocycles. The van der Waals surface area contributed by atoms with E-state index in [2.05, 4.69) is 10.4 Å². The Balaban J connectivity index is 2.32. The number of hydrazine groups is 1. The van der Waals surface area contributed by atoms with Gasteiger partial charge in [0.25, 0.3) is 0 Å². The number of nitrogens with two attached hydrogens (primary N) is 1. The lowest BCUT2D eigenvalue weighted by Crippen LogP contribution is -2.22. The first-order valence-electron chi connectivity index (χ1n) is 5.22. The smallest absolute Gasteiger partial charge is 0.215 e. The molecule has 16 heavy (non-hydrogen) atoms. The van der Waals surface area contributed by atoms with E-state index in [0.717, 1.165) is 0 Å². The third-order valence-corrected chi connectivity index (χ3v) is 1.74. The molecule has 0 spiro atoms. The van der Waals surface area contributed by atoms with Crippen LogP contribution >= 0.6 is 0 Å². The van der Waals surface area contributed by atoms with Crippen molar-refractivity contribution < 1.29 is 9.47 Å². The zero-order valence-corrected chi connectivity index (χ0v) is 9.99. The van der Waals surface area contributed by atoms with E-state index in [4.69, 9.17) is 15.3 Å². The highest BCUT2D eigenvalue weighted by Crippen LogP contribution is 2.11. The highest BCUT2D eigenvalue weighted by Gasteiger charge is 2.09. The molecule has 3 N–H and O–H groups in total. The molecule has 0 amide bonds. The molecule has 0 atom stereocenters. The zero-order chi connectivity index (χ0) is 12.0. The van der Waals surface area contributed by atoms with Crippen LogP contribution in [0.4, 0.5) is 5.82 Å². The van der Waals surface area contributed by atoms with E-state index >= 15 is 0 Å². The third-order valence-electron chi connectivity index (χ3n) is 1.74. The number of hydrogen-bond donors (Lipinski definition) is 2. The molecule has 0 aliphatic carbocycles. The summed E-state index contributed by atoms with van der Waals surface area (Å²) in [5.74, 6) is 6.35. The number of anilines is 1. The van der Waals surface area contributed by atoms with E-state index in [1.165, 1.54) is 0 Å². The minimum Gasteiger partial charge on any atom is -0.475 e. The van der Waals surface area contributed by atoms with Crippen LogP contribution in [-0.4, -0.2) is 23.8 Å². The normalized spacial score (nSPS) is 11.2. The Hall–Kier alpha value is -1.33. The van der Waals surface area contributed by atoms with E-state index in [9.17, 15) is 0 Å². The van der Waals surface area contributed by atoms with Crippen molar-refractivity contribution in [1.29, 1.82) is 0 Å². The summed E-state index contributed by atoms with van der Waals surface area (Å²) in [6.07, 6.45) is 0. The summed E-state index contributed by atoms with van der Waals surface area (Å²) in [6, 6.07) is 5.36. The Labute approximate surface area is 95.9 Å². The molecule has 0 unspecified atom stereocenters. The van der Waals surface area contributed by atoms with Crippen molar-refractivity contribution in [3.8, 4) is 5.88 Å². The van der Waals surface area contributed by atoms with Gasteiger partial charge < -0.3 is 14.9 Å². The van der Waals surface area contributed by atoms with Gasteiger partial charge in [0, 0.05) is 6.07 Å². The second-order valence-corrected chi connectivity index (χ2v) is 4.31. The van der Waals surface area contributed by atoms with Crippen LogP contribution in [0.3, 0.4) is 0 Å². The number of hydrogen-bond acceptors (Lipinski definition) is 5. The standard InChI is InChI=1S/C11H19N3O2/c1-11(2,3)16-8-7-15-10-6-4-5-9(13-10)14-12/h4-6H,7-8,12H2,1-3H3,(H,13,14). The summed E-state index contributed by atoms with van der Waals surface area (Å²) in [4.78, 5) is 4.11. The van der Waals surface area contributed by atoms with Crippen LogP contribution in [0.2, 0.25) is 0 Å². The van der Waals surface area contributed by atoms with Gasteiger partial charge in [-0.15, -0.1) is 0 Å². The van der Waals surface area contributed by atoms with Crippen molar-refractivity contribution in [2.24, 2.45) is 5.84 Å². The minimum atomic E-state index is -0.141. The van der Waals surface area contributed by atoms with Gasteiger partial charge in [-0.1, -0.05) is 6.07 Å². The number of pyridine rings is 1. The second-order valence-electron chi connectivity index (χ2n) is 4.31. The molecule has 1 rings (SSSR count). The van der Waals surface area contributed by atoms with Gasteiger partial charge in [0.15, 0.2) is 0 Å². The van der Waals surface area contributed by atoms with Gasteiger partial charge in [-0.05, 0) is 26.8 Å². The van der Waals surface area contributed by atoms with Crippen LogP contribution in [0.15, 0.2) is 18.2 Å². The third kappa shape index (κ3) is 4.95. The Morgan fingerprint density at radius 2 is 2.06 bits per heavy atom. The van der Waals surface area contributed by atoms with Gasteiger partial charge in [0.05, 0.1) is 12.2 Å². The topological polar surface area (TPSA) is 69.4 Å². The van der Waals surface area contributed by atoms with Crippen molar-refractivity contribution in [2.75, 3.05) is 18.6 Å². The Morgan fingerprint density at radius 3 is 2.69 bits per heavy atom. The SMILES string of the molecule is CC(C)(C)OCCOc1cccc(NN)n1.